The molecule has 1 aromatic heterocycles. The lowest BCUT2D eigenvalue weighted by atomic mass is 9.96. The van der Waals surface area contributed by atoms with Gasteiger partial charge in [-0.05, 0) is 36.6 Å². The number of nitrogens with one attached hydrogen (secondary N) is 1. The Hall–Kier alpha value is -2.63. The summed E-state index contributed by atoms with van der Waals surface area (Å²) in [4.78, 5) is 26.4. The Balaban J connectivity index is 1.55. The Morgan fingerprint density at radius 2 is 2.04 bits per heavy atom. The van der Waals surface area contributed by atoms with Crippen LogP contribution < -0.4 is 5.32 Å². The zero-order valence-corrected chi connectivity index (χ0v) is 13.2. The van der Waals surface area contributed by atoms with Crippen LogP contribution in [0.1, 0.15) is 28.8 Å². The Labute approximate surface area is 139 Å². The van der Waals surface area contributed by atoms with Gasteiger partial charge in [-0.25, -0.2) is 4.39 Å². The standard InChI is InChI=1S/C18H19FN2O3/c19-16-5-3-13(4-6-16)10-20-17(22)14-2-1-8-21(11-14)18(23)15-7-9-24-12-15/h3-7,9,12,14H,1-2,8,10-11H2,(H,20,22)/t14-/m1/s1. The number of carbonyl (C=O) groups is 2. The zero-order chi connectivity index (χ0) is 16.9. The van der Waals surface area contributed by atoms with E-state index in [1.54, 1.807) is 23.1 Å². The van der Waals surface area contributed by atoms with Gasteiger partial charge in [-0.1, -0.05) is 12.1 Å². The quantitative estimate of drug-likeness (QED) is 0.937. The number of rotatable bonds is 4. The van der Waals surface area contributed by atoms with Crippen molar-refractivity contribution in [3.8, 4) is 0 Å². The second-order valence-corrected chi connectivity index (χ2v) is 5.95. The van der Waals surface area contributed by atoms with Crippen LogP contribution in [-0.2, 0) is 11.3 Å². The summed E-state index contributed by atoms with van der Waals surface area (Å²) in [6.45, 7) is 1.40. The molecule has 1 aliphatic rings. The van der Waals surface area contributed by atoms with Gasteiger partial charge in [0.1, 0.15) is 12.1 Å². The monoisotopic (exact) mass is 330 g/mol. The average Bonchev–Trinajstić information content (AvgIpc) is 3.15. The molecule has 6 heteroatoms. The summed E-state index contributed by atoms with van der Waals surface area (Å²) in [7, 11) is 0. The molecule has 2 aromatic rings. The summed E-state index contributed by atoms with van der Waals surface area (Å²) >= 11 is 0. The molecule has 1 fully saturated rings. The Morgan fingerprint density at radius 3 is 2.75 bits per heavy atom. The highest BCUT2D eigenvalue weighted by molar-refractivity contribution is 5.94. The van der Waals surface area contributed by atoms with Crippen LogP contribution in [0.4, 0.5) is 4.39 Å². The van der Waals surface area contributed by atoms with Gasteiger partial charge in [0.15, 0.2) is 0 Å². The van der Waals surface area contributed by atoms with Gasteiger partial charge in [0.2, 0.25) is 5.91 Å². The summed E-state index contributed by atoms with van der Waals surface area (Å²) in [5.74, 6) is -0.718. The van der Waals surface area contributed by atoms with Crippen LogP contribution in [0.25, 0.3) is 0 Å². The van der Waals surface area contributed by atoms with Gasteiger partial charge in [-0.2, -0.15) is 0 Å². The number of nitrogens with zero attached hydrogens (tertiary/aromatic N) is 1. The summed E-state index contributed by atoms with van der Waals surface area (Å²) < 4.78 is 17.8. The van der Waals surface area contributed by atoms with E-state index in [9.17, 15) is 14.0 Å². The van der Waals surface area contributed by atoms with Crippen molar-refractivity contribution in [1.82, 2.24) is 10.2 Å². The Bertz CT molecular complexity index is 698. The highest BCUT2D eigenvalue weighted by Crippen LogP contribution is 2.19. The second kappa shape index (κ2) is 7.29. The third-order valence-corrected chi connectivity index (χ3v) is 4.23. The van der Waals surface area contributed by atoms with Crippen LogP contribution in [0.2, 0.25) is 0 Å². The molecule has 1 N–H and O–H groups in total. The minimum Gasteiger partial charge on any atom is -0.472 e. The van der Waals surface area contributed by atoms with Crippen LogP contribution in [0.15, 0.2) is 47.3 Å². The first-order valence-corrected chi connectivity index (χ1v) is 7.97. The lowest BCUT2D eigenvalue weighted by Gasteiger charge is -2.31. The summed E-state index contributed by atoms with van der Waals surface area (Å²) in [6, 6.07) is 7.65. The van der Waals surface area contributed by atoms with Gasteiger partial charge >= 0.3 is 0 Å². The van der Waals surface area contributed by atoms with E-state index >= 15 is 0 Å². The largest absolute Gasteiger partial charge is 0.472 e. The smallest absolute Gasteiger partial charge is 0.257 e. The van der Waals surface area contributed by atoms with Gasteiger partial charge in [-0.15, -0.1) is 0 Å². The summed E-state index contributed by atoms with van der Waals surface area (Å²) in [5.41, 5.74) is 1.34. The maximum atomic E-state index is 12.9. The third kappa shape index (κ3) is 3.82. The fourth-order valence-corrected chi connectivity index (χ4v) is 2.88. The molecule has 5 nitrogen and oxygen atoms in total. The lowest BCUT2D eigenvalue weighted by molar-refractivity contribution is -0.126. The van der Waals surface area contributed by atoms with Crippen LogP contribution in [0.3, 0.4) is 0 Å². The van der Waals surface area contributed by atoms with Crippen LogP contribution in [0.5, 0.6) is 0 Å². The summed E-state index contributed by atoms with van der Waals surface area (Å²) in [5, 5.41) is 2.86. The number of hydrogen-bond donors (Lipinski definition) is 1. The number of likely N-dealkylation sites (tertiary alicyclic amines) is 1. The van der Waals surface area contributed by atoms with Crippen molar-refractivity contribution < 1.29 is 18.4 Å². The molecule has 1 atom stereocenters. The van der Waals surface area contributed by atoms with Crippen LogP contribution in [-0.4, -0.2) is 29.8 Å². The predicted octanol–water partition coefficient (Wildman–Crippen LogP) is 2.59. The van der Waals surface area contributed by atoms with E-state index in [-0.39, 0.29) is 23.5 Å². The van der Waals surface area contributed by atoms with Gasteiger partial charge in [0.25, 0.3) is 5.91 Å². The number of furan rings is 1. The van der Waals surface area contributed by atoms with E-state index in [1.807, 2.05) is 0 Å². The molecule has 3 rings (SSSR count). The van der Waals surface area contributed by atoms with Gasteiger partial charge in [0.05, 0.1) is 17.7 Å². The molecule has 24 heavy (non-hydrogen) atoms. The molecule has 2 amide bonds. The molecule has 0 saturated carbocycles. The maximum Gasteiger partial charge on any atom is 0.257 e. The molecule has 1 aliphatic heterocycles. The van der Waals surface area contributed by atoms with Gasteiger partial charge in [-0.3, -0.25) is 9.59 Å². The van der Waals surface area contributed by atoms with Gasteiger partial charge < -0.3 is 14.6 Å². The average molecular weight is 330 g/mol. The fourth-order valence-electron chi connectivity index (χ4n) is 2.88. The molecule has 2 heterocycles. The first-order valence-electron chi connectivity index (χ1n) is 7.97. The first kappa shape index (κ1) is 16.2. The first-order chi connectivity index (χ1) is 11.6. The number of carbonyl (C=O) groups excluding carboxylic acids is 2. The second-order valence-electron chi connectivity index (χ2n) is 5.95. The lowest BCUT2D eigenvalue weighted by Crippen LogP contribution is -2.45. The molecule has 1 saturated heterocycles. The minimum absolute atomic E-state index is 0.0796. The Kier molecular flexibility index (Phi) is 4.93. The predicted molar refractivity (Wildman–Crippen MR) is 85.6 cm³/mol. The third-order valence-electron chi connectivity index (χ3n) is 4.23. The van der Waals surface area contributed by atoms with Crippen molar-refractivity contribution in [3.63, 3.8) is 0 Å². The number of halogens is 1. The van der Waals surface area contributed by atoms with E-state index in [0.29, 0.717) is 25.2 Å². The van der Waals surface area contributed by atoms with Gasteiger partial charge in [0, 0.05) is 19.6 Å². The van der Waals surface area contributed by atoms with Crippen LogP contribution in [0, 0.1) is 11.7 Å². The van der Waals surface area contributed by atoms with Crippen molar-refractivity contribution in [3.05, 3.63) is 59.8 Å². The molecular weight excluding hydrogens is 311 g/mol. The minimum atomic E-state index is -0.300. The highest BCUT2D eigenvalue weighted by Gasteiger charge is 2.29. The zero-order valence-electron chi connectivity index (χ0n) is 13.2. The van der Waals surface area contributed by atoms with Crippen molar-refractivity contribution >= 4 is 11.8 Å². The fraction of sp³-hybridized carbons (Fsp3) is 0.333. The van der Waals surface area contributed by atoms with Crippen molar-refractivity contribution in [2.45, 2.75) is 19.4 Å². The number of hydrogen-bond acceptors (Lipinski definition) is 3. The molecular formula is C18H19FN2O3. The van der Waals surface area contributed by atoms with E-state index in [1.165, 1.54) is 24.7 Å². The molecule has 126 valence electrons. The molecule has 0 radical (unpaired) electrons. The topological polar surface area (TPSA) is 62.6 Å². The number of amides is 2. The van der Waals surface area contributed by atoms with E-state index < -0.39 is 0 Å². The number of piperidine rings is 1. The SMILES string of the molecule is O=C(NCc1ccc(F)cc1)[C@@H]1CCCN(C(=O)c2ccoc2)C1. The summed E-state index contributed by atoms with van der Waals surface area (Å²) in [6.07, 6.45) is 4.42. The van der Waals surface area contributed by atoms with E-state index in [2.05, 4.69) is 5.32 Å². The van der Waals surface area contributed by atoms with E-state index in [0.717, 1.165) is 18.4 Å². The molecule has 0 aliphatic carbocycles. The van der Waals surface area contributed by atoms with Crippen LogP contribution >= 0.6 is 0 Å². The van der Waals surface area contributed by atoms with Crippen molar-refractivity contribution in [2.24, 2.45) is 5.92 Å². The highest BCUT2D eigenvalue weighted by atomic mass is 19.1. The Morgan fingerprint density at radius 1 is 1.25 bits per heavy atom. The van der Waals surface area contributed by atoms with E-state index in [4.69, 9.17) is 4.42 Å². The number of benzene rings is 1. The van der Waals surface area contributed by atoms with Crippen molar-refractivity contribution in [1.29, 1.82) is 0 Å². The maximum absolute atomic E-state index is 12.9. The molecule has 0 unspecified atom stereocenters. The normalized spacial score (nSPS) is 17.5. The molecule has 0 spiro atoms. The van der Waals surface area contributed by atoms with Crippen molar-refractivity contribution in [2.75, 3.05) is 13.1 Å². The molecule has 0 bridgehead atoms. The molecule has 1 aromatic carbocycles.